The van der Waals surface area contributed by atoms with E-state index in [4.69, 9.17) is 4.74 Å². The number of rotatable bonds is 3. The molecular formula is C14H19NO2. The van der Waals surface area contributed by atoms with Crippen LogP contribution in [0.4, 0.5) is 5.69 Å². The molecule has 1 aliphatic heterocycles. The van der Waals surface area contributed by atoms with E-state index in [2.05, 4.69) is 12.2 Å². The van der Waals surface area contributed by atoms with Crippen LogP contribution in [0, 0.1) is 0 Å². The summed E-state index contributed by atoms with van der Waals surface area (Å²) in [7, 11) is 0. The largest absolute Gasteiger partial charge is 0.475 e. The molecule has 3 heteroatoms. The molecule has 0 fully saturated rings. The highest BCUT2D eigenvalue weighted by Gasteiger charge is 2.41. The summed E-state index contributed by atoms with van der Waals surface area (Å²) in [5.41, 5.74) is 1.31. The van der Waals surface area contributed by atoms with E-state index in [1.165, 1.54) is 5.56 Å². The normalized spacial score (nSPS) is 17.0. The highest BCUT2D eigenvalue weighted by Crippen LogP contribution is 2.37. The second-order valence-electron chi connectivity index (χ2n) is 4.44. The summed E-state index contributed by atoms with van der Waals surface area (Å²) in [6, 6.07) is 5.99. The number of ether oxygens (including phenoxy) is 1. The number of fused-ring (bicyclic) bond motifs is 1. The van der Waals surface area contributed by atoms with Gasteiger partial charge in [-0.15, -0.1) is 0 Å². The maximum absolute atomic E-state index is 12.1. The van der Waals surface area contributed by atoms with Gasteiger partial charge in [-0.3, -0.25) is 4.79 Å². The van der Waals surface area contributed by atoms with E-state index < -0.39 is 5.60 Å². The molecule has 2 rings (SSSR count). The van der Waals surface area contributed by atoms with Gasteiger partial charge >= 0.3 is 0 Å². The van der Waals surface area contributed by atoms with Crippen molar-refractivity contribution in [3.05, 3.63) is 23.8 Å². The first-order chi connectivity index (χ1) is 8.15. The summed E-state index contributed by atoms with van der Waals surface area (Å²) >= 11 is 0. The Labute approximate surface area is 102 Å². The lowest BCUT2D eigenvalue weighted by atomic mass is 9.94. The smallest absolute Gasteiger partial charge is 0.268 e. The quantitative estimate of drug-likeness (QED) is 0.871. The number of benzene rings is 1. The zero-order valence-electron chi connectivity index (χ0n) is 10.7. The molecule has 1 N–H and O–H groups in total. The number of hydrogen-bond donors (Lipinski definition) is 1. The van der Waals surface area contributed by atoms with E-state index in [1.807, 2.05) is 32.0 Å². The van der Waals surface area contributed by atoms with Crippen molar-refractivity contribution in [2.24, 2.45) is 0 Å². The van der Waals surface area contributed by atoms with E-state index in [1.54, 1.807) is 0 Å². The van der Waals surface area contributed by atoms with Crippen molar-refractivity contribution < 1.29 is 9.53 Å². The van der Waals surface area contributed by atoms with Gasteiger partial charge in [0.05, 0.1) is 5.69 Å². The number of anilines is 1. The summed E-state index contributed by atoms with van der Waals surface area (Å²) in [5.74, 6) is 0.758. The summed E-state index contributed by atoms with van der Waals surface area (Å²) in [4.78, 5) is 12.1. The molecule has 0 atom stereocenters. The third kappa shape index (κ3) is 1.90. The summed E-state index contributed by atoms with van der Waals surface area (Å²) in [6.07, 6.45) is 2.32. The lowest BCUT2D eigenvalue weighted by Gasteiger charge is -2.36. The average molecular weight is 233 g/mol. The van der Waals surface area contributed by atoms with Crippen LogP contribution >= 0.6 is 0 Å². The molecule has 1 aliphatic rings. The van der Waals surface area contributed by atoms with Crippen molar-refractivity contribution in [1.82, 2.24) is 0 Å². The first-order valence-electron chi connectivity index (χ1n) is 6.28. The second kappa shape index (κ2) is 4.40. The van der Waals surface area contributed by atoms with Gasteiger partial charge in [-0.25, -0.2) is 0 Å². The molecule has 0 aromatic heterocycles. The Morgan fingerprint density at radius 3 is 2.53 bits per heavy atom. The monoisotopic (exact) mass is 233 g/mol. The van der Waals surface area contributed by atoms with E-state index in [0.29, 0.717) is 12.8 Å². The Kier molecular flexibility index (Phi) is 3.09. The Morgan fingerprint density at radius 1 is 1.24 bits per heavy atom. The minimum atomic E-state index is -0.694. The molecule has 0 saturated carbocycles. The van der Waals surface area contributed by atoms with Crippen molar-refractivity contribution in [2.45, 2.75) is 45.6 Å². The number of nitrogens with one attached hydrogen (secondary N) is 1. The van der Waals surface area contributed by atoms with Gasteiger partial charge in [0.1, 0.15) is 5.75 Å². The molecule has 17 heavy (non-hydrogen) atoms. The SMILES string of the molecule is CCc1ccc2c(c1)NC(=O)C(CC)(CC)O2. The van der Waals surface area contributed by atoms with Gasteiger partial charge in [0.2, 0.25) is 0 Å². The van der Waals surface area contributed by atoms with Crippen molar-refractivity contribution >= 4 is 11.6 Å². The minimum Gasteiger partial charge on any atom is -0.475 e. The van der Waals surface area contributed by atoms with Crippen molar-refractivity contribution in [3.63, 3.8) is 0 Å². The lowest BCUT2D eigenvalue weighted by Crippen LogP contribution is -2.49. The summed E-state index contributed by atoms with van der Waals surface area (Å²) < 4.78 is 5.92. The van der Waals surface area contributed by atoms with Crippen molar-refractivity contribution in [1.29, 1.82) is 0 Å². The molecule has 0 unspecified atom stereocenters. The molecule has 1 aromatic carbocycles. The lowest BCUT2D eigenvalue weighted by molar-refractivity contribution is -0.133. The van der Waals surface area contributed by atoms with Gasteiger partial charge in [0, 0.05) is 0 Å². The number of carbonyl (C=O) groups is 1. The topological polar surface area (TPSA) is 38.3 Å². The number of amides is 1. The van der Waals surface area contributed by atoms with Crippen LogP contribution in [0.25, 0.3) is 0 Å². The Hall–Kier alpha value is -1.51. The molecule has 1 aromatic rings. The van der Waals surface area contributed by atoms with Gasteiger partial charge < -0.3 is 10.1 Å². The highest BCUT2D eigenvalue weighted by atomic mass is 16.5. The van der Waals surface area contributed by atoms with Crippen molar-refractivity contribution in [3.8, 4) is 5.75 Å². The molecule has 92 valence electrons. The maximum Gasteiger partial charge on any atom is 0.268 e. The van der Waals surface area contributed by atoms with Gasteiger partial charge in [-0.2, -0.15) is 0 Å². The van der Waals surface area contributed by atoms with E-state index in [0.717, 1.165) is 17.9 Å². The van der Waals surface area contributed by atoms with Crippen LogP contribution in [-0.2, 0) is 11.2 Å². The molecule has 0 aliphatic carbocycles. The third-order valence-corrected chi connectivity index (χ3v) is 3.56. The predicted octanol–water partition coefficient (Wildman–Crippen LogP) is 3.14. The fraction of sp³-hybridized carbons (Fsp3) is 0.500. The van der Waals surface area contributed by atoms with Crippen molar-refractivity contribution in [2.75, 3.05) is 5.32 Å². The van der Waals surface area contributed by atoms with Gasteiger partial charge in [-0.1, -0.05) is 26.8 Å². The average Bonchev–Trinajstić information content (AvgIpc) is 2.37. The number of aryl methyl sites for hydroxylation is 1. The third-order valence-electron chi connectivity index (χ3n) is 3.56. The van der Waals surface area contributed by atoms with E-state index in [-0.39, 0.29) is 5.91 Å². The highest BCUT2D eigenvalue weighted by molar-refractivity contribution is 6.00. The minimum absolute atomic E-state index is 0.0248. The first-order valence-corrected chi connectivity index (χ1v) is 6.28. The molecule has 0 bridgehead atoms. The van der Waals surface area contributed by atoms with Crippen LogP contribution < -0.4 is 10.1 Å². The number of carbonyl (C=O) groups excluding carboxylic acids is 1. The van der Waals surface area contributed by atoms with Crippen LogP contribution in [0.2, 0.25) is 0 Å². The Morgan fingerprint density at radius 2 is 1.94 bits per heavy atom. The molecule has 0 saturated heterocycles. The van der Waals surface area contributed by atoms with Crippen LogP contribution in [0.3, 0.4) is 0 Å². The zero-order chi connectivity index (χ0) is 12.5. The van der Waals surface area contributed by atoms with Crippen LogP contribution in [0.1, 0.15) is 39.2 Å². The molecule has 0 spiro atoms. The molecule has 0 radical (unpaired) electrons. The predicted molar refractivity (Wildman–Crippen MR) is 68.4 cm³/mol. The molecule has 1 amide bonds. The summed E-state index contributed by atoms with van der Waals surface area (Å²) in [6.45, 7) is 6.05. The van der Waals surface area contributed by atoms with Crippen LogP contribution in [0.15, 0.2) is 18.2 Å². The molecule has 1 heterocycles. The first kappa shape index (κ1) is 12.0. The fourth-order valence-corrected chi connectivity index (χ4v) is 2.19. The Bertz CT molecular complexity index is 436. The second-order valence-corrected chi connectivity index (χ2v) is 4.44. The van der Waals surface area contributed by atoms with E-state index >= 15 is 0 Å². The molecular weight excluding hydrogens is 214 g/mol. The zero-order valence-corrected chi connectivity index (χ0v) is 10.7. The maximum atomic E-state index is 12.1. The van der Waals surface area contributed by atoms with Gasteiger partial charge in [0.25, 0.3) is 5.91 Å². The van der Waals surface area contributed by atoms with E-state index in [9.17, 15) is 4.79 Å². The number of hydrogen-bond acceptors (Lipinski definition) is 2. The Balaban J connectivity index is 2.39. The fourth-order valence-electron chi connectivity index (χ4n) is 2.19. The van der Waals surface area contributed by atoms with Gasteiger partial charge in [-0.05, 0) is 37.0 Å². The van der Waals surface area contributed by atoms with Crippen LogP contribution in [0.5, 0.6) is 5.75 Å². The van der Waals surface area contributed by atoms with Gasteiger partial charge in [0.15, 0.2) is 5.60 Å². The summed E-state index contributed by atoms with van der Waals surface area (Å²) in [5, 5.41) is 2.96. The standard InChI is InChI=1S/C14H19NO2/c1-4-10-7-8-12-11(9-10)15-13(16)14(5-2,6-3)17-12/h7-9H,4-6H2,1-3H3,(H,15,16). The van der Waals surface area contributed by atoms with Crippen LogP contribution in [-0.4, -0.2) is 11.5 Å². The molecule has 3 nitrogen and oxygen atoms in total.